The van der Waals surface area contributed by atoms with Gasteiger partial charge in [-0.3, -0.25) is 14.9 Å². The van der Waals surface area contributed by atoms with Gasteiger partial charge in [0.05, 0.1) is 21.2 Å². The van der Waals surface area contributed by atoms with E-state index in [2.05, 4.69) is 28.4 Å². The smallest absolute Gasteiger partial charge is 0.382 e. The average Bonchev–Trinajstić information content (AvgIpc) is 3.35. The molecule has 0 atom stereocenters. The second-order valence-corrected chi connectivity index (χ2v) is 11.3. The summed E-state index contributed by atoms with van der Waals surface area (Å²) >= 11 is 1.66. The molecule has 1 aromatic heterocycles. The van der Waals surface area contributed by atoms with Crippen molar-refractivity contribution in [2.24, 2.45) is 0 Å². The van der Waals surface area contributed by atoms with E-state index >= 15 is 0 Å². The van der Waals surface area contributed by atoms with E-state index < -0.39 is 22.4 Å². The van der Waals surface area contributed by atoms with Crippen LogP contribution in [0.25, 0.3) is 10.2 Å². The van der Waals surface area contributed by atoms with Gasteiger partial charge in [0.1, 0.15) is 12.2 Å². The van der Waals surface area contributed by atoms with Crippen LogP contribution in [0, 0.1) is 17.0 Å². The summed E-state index contributed by atoms with van der Waals surface area (Å²) in [5, 5.41) is 15.0. The lowest BCUT2D eigenvalue weighted by Gasteiger charge is -2.35. The summed E-state index contributed by atoms with van der Waals surface area (Å²) in [5.74, 6) is -0.0506. The average molecular weight is 578 g/mol. The fourth-order valence-electron chi connectivity index (χ4n) is 5.21. The van der Waals surface area contributed by atoms with Gasteiger partial charge in [-0.1, -0.05) is 17.4 Å². The second kappa shape index (κ2) is 11.6. The SMILES string of the molecule is Cc1ccc2sc(N3CCN(C(=O)CO[C@H]4CC[C@H](Nc5ccc([N+](=O)[O-])c(C(F)(F)F)c5)CC4)CC3)nc2c1. The highest BCUT2D eigenvalue weighted by atomic mass is 32.1. The number of ether oxygens (including phenoxy) is 1. The first-order chi connectivity index (χ1) is 19.1. The summed E-state index contributed by atoms with van der Waals surface area (Å²) < 4.78 is 46.9. The molecule has 1 aliphatic heterocycles. The summed E-state index contributed by atoms with van der Waals surface area (Å²) in [6.45, 7) is 4.66. The lowest BCUT2D eigenvalue weighted by atomic mass is 9.92. The first-order valence-corrected chi connectivity index (χ1v) is 14.0. The monoisotopic (exact) mass is 577 g/mol. The van der Waals surface area contributed by atoms with Crippen LogP contribution >= 0.6 is 11.3 Å². The Kier molecular flexibility index (Phi) is 8.13. The van der Waals surface area contributed by atoms with Crippen LogP contribution in [0.3, 0.4) is 0 Å². The highest BCUT2D eigenvalue weighted by Crippen LogP contribution is 2.38. The maximum Gasteiger partial charge on any atom is 0.423 e. The van der Waals surface area contributed by atoms with Crippen LogP contribution in [0.4, 0.5) is 29.7 Å². The number of nitro groups is 1. The molecule has 1 N–H and O–H groups in total. The molecule has 214 valence electrons. The summed E-state index contributed by atoms with van der Waals surface area (Å²) in [7, 11) is 0. The van der Waals surface area contributed by atoms with E-state index in [4.69, 9.17) is 9.72 Å². The number of thiazole rings is 1. The largest absolute Gasteiger partial charge is 0.423 e. The van der Waals surface area contributed by atoms with Gasteiger partial charge < -0.3 is 19.9 Å². The third-order valence-electron chi connectivity index (χ3n) is 7.42. The quantitative estimate of drug-likeness (QED) is 0.287. The zero-order valence-corrected chi connectivity index (χ0v) is 22.8. The van der Waals surface area contributed by atoms with Crippen molar-refractivity contribution in [1.29, 1.82) is 0 Å². The highest BCUT2D eigenvalue weighted by molar-refractivity contribution is 7.22. The van der Waals surface area contributed by atoms with Crippen LogP contribution in [0.2, 0.25) is 0 Å². The van der Waals surface area contributed by atoms with Crippen molar-refractivity contribution in [2.75, 3.05) is 43.0 Å². The van der Waals surface area contributed by atoms with Crippen molar-refractivity contribution >= 4 is 44.0 Å². The van der Waals surface area contributed by atoms with Gasteiger partial charge >= 0.3 is 6.18 Å². The minimum absolute atomic E-state index is 0.000468. The molecule has 1 amide bonds. The molecular weight excluding hydrogens is 547 g/mol. The summed E-state index contributed by atoms with van der Waals surface area (Å²) in [6.07, 6.45) is -2.30. The van der Waals surface area contributed by atoms with Gasteiger partial charge in [-0.25, -0.2) is 4.98 Å². The van der Waals surface area contributed by atoms with Crippen LogP contribution in [0.5, 0.6) is 0 Å². The first kappa shape index (κ1) is 28.1. The molecule has 1 saturated carbocycles. The molecule has 1 saturated heterocycles. The van der Waals surface area contributed by atoms with Gasteiger partial charge in [0, 0.05) is 44.0 Å². The van der Waals surface area contributed by atoms with Crippen molar-refractivity contribution in [2.45, 2.75) is 50.9 Å². The fourth-order valence-corrected chi connectivity index (χ4v) is 6.21. The number of halogens is 3. The molecule has 0 bridgehead atoms. The molecule has 0 unspecified atom stereocenters. The lowest BCUT2D eigenvalue weighted by molar-refractivity contribution is -0.388. The molecule has 13 heteroatoms. The third-order valence-corrected chi connectivity index (χ3v) is 8.52. The molecule has 2 aliphatic rings. The normalized spacial score (nSPS) is 20.1. The van der Waals surface area contributed by atoms with E-state index in [0.29, 0.717) is 51.9 Å². The number of piperazine rings is 1. The minimum atomic E-state index is -4.82. The molecule has 2 fully saturated rings. The van der Waals surface area contributed by atoms with E-state index in [-0.39, 0.29) is 30.3 Å². The Labute approximate surface area is 233 Å². The standard InChI is InChI=1S/C27H30F3N5O4S/c1-17-2-9-24-22(14-17)32-26(40-24)34-12-10-33(11-13-34)25(36)16-39-20-6-3-18(4-7-20)31-19-5-8-23(35(37)38)21(15-19)27(28,29)30/h2,5,8-9,14-15,18,20,31H,3-4,6-7,10-13,16H2,1H3/t18-,20-. The predicted octanol–water partition coefficient (Wildman–Crippen LogP) is 5.62. The number of aryl methyl sites for hydroxylation is 1. The highest BCUT2D eigenvalue weighted by Gasteiger charge is 2.38. The molecule has 0 radical (unpaired) electrons. The Morgan fingerprint density at radius 2 is 1.85 bits per heavy atom. The summed E-state index contributed by atoms with van der Waals surface area (Å²) in [5.41, 5.74) is 0.129. The Morgan fingerprint density at radius 1 is 1.12 bits per heavy atom. The van der Waals surface area contributed by atoms with Crippen LogP contribution in [-0.2, 0) is 15.7 Å². The Balaban J connectivity index is 1.05. The maximum absolute atomic E-state index is 13.3. The molecule has 40 heavy (non-hydrogen) atoms. The fraction of sp³-hybridized carbons (Fsp3) is 0.481. The van der Waals surface area contributed by atoms with Crippen LogP contribution < -0.4 is 10.2 Å². The van der Waals surface area contributed by atoms with Gasteiger partial charge in [-0.15, -0.1) is 0 Å². The second-order valence-electron chi connectivity index (χ2n) is 10.3. The Hall–Kier alpha value is -3.45. The molecule has 9 nitrogen and oxygen atoms in total. The summed E-state index contributed by atoms with van der Waals surface area (Å²) in [6, 6.07) is 9.13. The molecule has 2 heterocycles. The van der Waals surface area contributed by atoms with Crippen LogP contribution in [0.1, 0.15) is 36.8 Å². The number of fused-ring (bicyclic) bond motifs is 1. The zero-order chi connectivity index (χ0) is 28.4. The summed E-state index contributed by atoms with van der Waals surface area (Å²) in [4.78, 5) is 31.5. The molecule has 3 aromatic rings. The number of hydrogen-bond donors (Lipinski definition) is 1. The Morgan fingerprint density at radius 3 is 2.52 bits per heavy atom. The van der Waals surface area contributed by atoms with Crippen molar-refractivity contribution in [3.63, 3.8) is 0 Å². The number of nitrogens with one attached hydrogen (secondary N) is 1. The van der Waals surface area contributed by atoms with E-state index in [0.717, 1.165) is 27.5 Å². The number of alkyl halides is 3. The number of rotatable bonds is 7. The van der Waals surface area contributed by atoms with E-state index in [1.807, 2.05) is 11.8 Å². The van der Waals surface area contributed by atoms with E-state index in [9.17, 15) is 28.1 Å². The van der Waals surface area contributed by atoms with E-state index in [1.165, 1.54) is 11.6 Å². The van der Waals surface area contributed by atoms with Gasteiger partial charge in [0.2, 0.25) is 5.91 Å². The number of aromatic nitrogens is 1. The van der Waals surface area contributed by atoms with Crippen LogP contribution in [0.15, 0.2) is 36.4 Å². The zero-order valence-electron chi connectivity index (χ0n) is 21.9. The van der Waals surface area contributed by atoms with Gasteiger partial charge in [-0.2, -0.15) is 13.2 Å². The number of nitrogens with zero attached hydrogens (tertiary/aromatic N) is 4. The molecule has 2 aromatic carbocycles. The lowest BCUT2D eigenvalue weighted by Crippen LogP contribution is -2.50. The van der Waals surface area contributed by atoms with Crippen LogP contribution in [-0.4, -0.2) is 65.6 Å². The van der Waals surface area contributed by atoms with Crippen molar-refractivity contribution in [3.8, 4) is 0 Å². The number of nitro benzene ring substituents is 1. The molecule has 5 rings (SSSR count). The molecule has 0 spiro atoms. The number of carbonyl (C=O) groups is 1. The van der Waals surface area contributed by atoms with Crippen molar-refractivity contribution < 1.29 is 27.6 Å². The molecular formula is C27H30F3N5O4S. The third kappa shape index (κ3) is 6.47. The number of amides is 1. The number of benzene rings is 2. The topological polar surface area (TPSA) is 101 Å². The minimum Gasteiger partial charge on any atom is -0.382 e. The predicted molar refractivity (Wildman–Crippen MR) is 147 cm³/mol. The van der Waals surface area contributed by atoms with Gasteiger partial charge in [0.25, 0.3) is 5.69 Å². The number of hydrogen-bond acceptors (Lipinski definition) is 8. The first-order valence-electron chi connectivity index (χ1n) is 13.2. The molecule has 1 aliphatic carbocycles. The number of anilines is 2. The number of carbonyl (C=O) groups excluding carboxylic acids is 1. The van der Waals surface area contributed by atoms with Crippen molar-refractivity contribution in [3.05, 3.63) is 57.6 Å². The van der Waals surface area contributed by atoms with Crippen molar-refractivity contribution in [1.82, 2.24) is 9.88 Å². The van der Waals surface area contributed by atoms with Gasteiger partial charge in [0.15, 0.2) is 5.13 Å². The maximum atomic E-state index is 13.3. The Bertz CT molecular complexity index is 1380. The van der Waals surface area contributed by atoms with E-state index in [1.54, 1.807) is 11.3 Å². The van der Waals surface area contributed by atoms with Gasteiger partial charge in [-0.05, 0) is 62.4 Å².